The summed E-state index contributed by atoms with van der Waals surface area (Å²) in [7, 11) is 0. The fourth-order valence-electron chi connectivity index (χ4n) is 2.71. The SMILES string of the molecule is CC(C)CCN1C(=O)C(CCc2ccccc2)NC1C. The van der Waals surface area contributed by atoms with Crippen molar-refractivity contribution in [1.29, 1.82) is 0 Å². The molecule has 0 aromatic heterocycles. The molecule has 0 spiro atoms. The highest BCUT2D eigenvalue weighted by atomic mass is 16.2. The van der Waals surface area contributed by atoms with E-state index in [1.165, 1.54) is 5.56 Å². The zero-order valence-corrected chi connectivity index (χ0v) is 12.8. The van der Waals surface area contributed by atoms with Crippen LogP contribution in [-0.2, 0) is 11.2 Å². The molecule has 1 N–H and O–H groups in total. The molecule has 1 fully saturated rings. The zero-order valence-electron chi connectivity index (χ0n) is 12.8. The minimum Gasteiger partial charge on any atom is -0.326 e. The Balaban J connectivity index is 1.86. The molecule has 20 heavy (non-hydrogen) atoms. The van der Waals surface area contributed by atoms with E-state index < -0.39 is 0 Å². The first-order chi connectivity index (χ1) is 9.58. The summed E-state index contributed by atoms with van der Waals surface area (Å²) in [6, 6.07) is 10.4. The van der Waals surface area contributed by atoms with Crippen LogP contribution < -0.4 is 5.32 Å². The van der Waals surface area contributed by atoms with Gasteiger partial charge in [-0.1, -0.05) is 44.2 Å². The van der Waals surface area contributed by atoms with E-state index in [1.54, 1.807) is 0 Å². The summed E-state index contributed by atoms with van der Waals surface area (Å²) in [6.45, 7) is 7.35. The molecule has 1 amide bonds. The largest absolute Gasteiger partial charge is 0.326 e. The molecular weight excluding hydrogens is 248 g/mol. The minimum absolute atomic E-state index is 0.0163. The van der Waals surface area contributed by atoms with Crippen molar-refractivity contribution in [1.82, 2.24) is 10.2 Å². The van der Waals surface area contributed by atoms with Crippen molar-refractivity contribution in [2.45, 2.75) is 52.2 Å². The molecule has 1 aliphatic heterocycles. The number of amides is 1. The van der Waals surface area contributed by atoms with Gasteiger partial charge in [0.2, 0.25) is 5.91 Å². The fourth-order valence-corrected chi connectivity index (χ4v) is 2.71. The van der Waals surface area contributed by atoms with Crippen molar-refractivity contribution in [2.24, 2.45) is 5.92 Å². The zero-order chi connectivity index (χ0) is 14.5. The molecule has 1 aromatic carbocycles. The van der Waals surface area contributed by atoms with Gasteiger partial charge in [0.05, 0.1) is 12.2 Å². The number of nitrogens with zero attached hydrogens (tertiary/aromatic N) is 1. The molecule has 1 aliphatic rings. The number of benzene rings is 1. The lowest BCUT2D eigenvalue weighted by molar-refractivity contribution is -0.130. The fraction of sp³-hybridized carbons (Fsp3) is 0.588. The van der Waals surface area contributed by atoms with Gasteiger partial charge in [0, 0.05) is 6.54 Å². The summed E-state index contributed by atoms with van der Waals surface area (Å²) < 4.78 is 0. The third kappa shape index (κ3) is 3.83. The molecule has 0 radical (unpaired) electrons. The van der Waals surface area contributed by atoms with Crippen molar-refractivity contribution in [3.05, 3.63) is 35.9 Å². The number of carbonyl (C=O) groups excluding carboxylic acids is 1. The lowest BCUT2D eigenvalue weighted by Crippen LogP contribution is -2.35. The highest BCUT2D eigenvalue weighted by Crippen LogP contribution is 2.17. The van der Waals surface area contributed by atoms with Crippen LogP contribution >= 0.6 is 0 Å². The Morgan fingerprint density at radius 3 is 2.60 bits per heavy atom. The quantitative estimate of drug-likeness (QED) is 0.865. The topological polar surface area (TPSA) is 32.3 Å². The van der Waals surface area contributed by atoms with Crippen LogP contribution in [0.5, 0.6) is 0 Å². The van der Waals surface area contributed by atoms with Crippen LogP contribution in [0.15, 0.2) is 30.3 Å². The van der Waals surface area contributed by atoms with Crippen molar-refractivity contribution in [3.8, 4) is 0 Å². The van der Waals surface area contributed by atoms with E-state index in [9.17, 15) is 4.79 Å². The van der Waals surface area contributed by atoms with Crippen LogP contribution in [0.25, 0.3) is 0 Å². The molecule has 2 atom stereocenters. The van der Waals surface area contributed by atoms with Crippen LogP contribution in [0.3, 0.4) is 0 Å². The van der Waals surface area contributed by atoms with E-state index in [0.29, 0.717) is 5.92 Å². The minimum atomic E-state index is -0.0163. The van der Waals surface area contributed by atoms with Gasteiger partial charge in [-0.2, -0.15) is 0 Å². The Kier molecular flexibility index (Phi) is 5.18. The summed E-state index contributed by atoms with van der Waals surface area (Å²) in [4.78, 5) is 14.4. The van der Waals surface area contributed by atoms with E-state index in [0.717, 1.165) is 25.8 Å². The number of aryl methyl sites for hydroxylation is 1. The Labute approximate surface area is 122 Å². The number of hydrogen-bond donors (Lipinski definition) is 1. The summed E-state index contributed by atoms with van der Waals surface area (Å²) in [6.07, 6.45) is 3.07. The second kappa shape index (κ2) is 6.89. The molecule has 1 heterocycles. The second-order valence-electron chi connectivity index (χ2n) is 6.13. The predicted octanol–water partition coefficient (Wildman–Crippen LogP) is 2.81. The monoisotopic (exact) mass is 274 g/mol. The van der Waals surface area contributed by atoms with Gasteiger partial charge in [-0.25, -0.2) is 0 Å². The Bertz CT molecular complexity index is 430. The molecule has 1 aromatic rings. The van der Waals surface area contributed by atoms with Crippen molar-refractivity contribution in [3.63, 3.8) is 0 Å². The van der Waals surface area contributed by atoms with Gasteiger partial charge < -0.3 is 4.90 Å². The number of hydrogen-bond acceptors (Lipinski definition) is 2. The highest BCUT2D eigenvalue weighted by molar-refractivity contribution is 5.84. The van der Waals surface area contributed by atoms with E-state index in [2.05, 4.69) is 50.4 Å². The van der Waals surface area contributed by atoms with Crippen molar-refractivity contribution < 1.29 is 4.79 Å². The first-order valence-electron chi connectivity index (χ1n) is 7.68. The van der Waals surface area contributed by atoms with Crippen LogP contribution in [0.4, 0.5) is 0 Å². The van der Waals surface area contributed by atoms with Gasteiger partial charge in [-0.05, 0) is 37.7 Å². The summed E-state index contributed by atoms with van der Waals surface area (Å²) in [5, 5.41) is 3.42. The molecule has 110 valence electrons. The average molecular weight is 274 g/mol. The summed E-state index contributed by atoms with van der Waals surface area (Å²) in [5.74, 6) is 0.910. The molecule has 3 nitrogen and oxygen atoms in total. The van der Waals surface area contributed by atoms with Gasteiger partial charge in [-0.15, -0.1) is 0 Å². The lowest BCUT2D eigenvalue weighted by Gasteiger charge is -2.21. The summed E-state index contributed by atoms with van der Waals surface area (Å²) in [5.41, 5.74) is 1.30. The average Bonchev–Trinajstić information content (AvgIpc) is 2.70. The van der Waals surface area contributed by atoms with E-state index in [-0.39, 0.29) is 18.1 Å². The third-order valence-corrected chi connectivity index (χ3v) is 4.00. The first kappa shape index (κ1) is 15.0. The Morgan fingerprint density at radius 1 is 1.25 bits per heavy atom. The Hall–Kier alpha value is -1.35. The summed E-state index contributed by atoms with van der Waals surface area (Å²) >= 11 is 0. The molecule has 3 heteroatoms. The smallest absolute Gasteiger partial charge is 0.241 e. The molecule has 2 rings (SSSR count). The van der Waals surface area contributed by atoms with Crippen LogP contribution in [0.1, 0.15) is 39.2 Å². The molecule has 0 aliphatic carbocycles. The molecule has 1 saturated heterocycles. The van der Waals surface area contributed by atoms with E-state index >= 15 is 0 Å². The number of carbonyl (C=O) groups is 1. The van der Waals surface area contributed by atoms with Crippen LogP contribution in [0, 0.1) is 5.92 Å². The van der Waals surface area contributed by atoms with Gasteiger partial charge in [0.15, 0.2) is 0 Å². The third-order valence-electron chi connectivity index (χ3n) is 4.00. The van der Waals surface area contributed by atoms with Crippen LogP contribution in [-0.4, -0.2) is 29.6 Å². The second-order valence-corrected chi connectivity index (χ2v) is 6.13. The molecule has 0 saturated carbocycles. The number of nitrogens with one attached hydrogen (secondary N) is 1. The maximum atomic E-state index is 12.4. The van der Waals surface area contributed by atoms with Crippen molar-refractivity contribution in [2.75, 3.05) is 6.54 Å². The van der Waals surface area contributed by atoms with Gasteiger partial charge >= 0.3 is 0 Å². The lowest BCUT2D eigenvalue weighted by atomic mass is 10.1. The van der Waals surface area contributed by atoms with Gasteiger partial charge in [0.25, 0.3) is 0 Å². The van der Waals surface area contributed by atoms with E-state index in [4.69, 9.17) is 0 Å². The normalized spacial score (nSPS) is 22.8. The van der Waals surface area contributed by atoms with Gasteiger partial charge in [-0.3, -0.25) is 10.1 Å². The van der Waals surface area contributed by atoms with Gasteiger partial charge in [0.1, 0.15) is 0 Å². The Morgan fingerprint density at radius 2 is 1.95 bits per heavy atom. The molecule has 2 unspecified atom stereocenters. The maximum Gasteiger partial charge on any atom is 0.241 e. The van der Waals surface area contributed by atoms with Crippen LogP contribution in [0.2, 0.25) is 0 Å². The number of rotatable bonds is 6. The molecule has 0 bridgehead atoms. The van der Waals surface area contributed by atoms with E-state index in [1.807, 2.05) is 11.0 Å². The first-order valence-corrected chi connectivity index (χ1v) is 7.68. The van der Waals surface area contributed by atoms with Crippen molar-refractivity contribution >= 4 is 5.91 Å². The molecular formula is C17H26N2O. The standard InChI is InChI=1S/C17H26N2O/c1-13(2)11-12-19-14(3)18-16(17(19)20)10-9-15-7-5-4-6-8-15/h4-8,13-14,16,18H,9-12H2,1-3H3. The highest BCUT2D eigenvalue weighted by Gasteiger charge is 2.35. The maximum absolute atomic E-state index is 12.4. The predicted molar refractivity (Wildman–Crippen MR) is 82.3 cm³/mol.